The van der Waals surface area contributed by atoms with E-state index in [9.17, 15) is 0 Å². The monoisotopic (exact) mass is 246 g/mol. The van der Waals surface area contributed by atoms with E-state index in [1.807, 2.05) is 45.2 Å². The molecular formula is C14H22N4. The second-order valence-electron chi connectivity index (χ2n) is 4.27. The number of hydrogen-bond donors (Lipinski definition) is 1. The lowest BCUT2D eigenvalue weighted by Crippen LogP contribution is -2.14. The van der Waals surface area contributed by atoms with Crippen molar-refractivity contribution in [3.05, 3.63) is 29.6 Å². The smallest absolute Gasteiger partial charge is 0.0910 e. The Morgan fingerprint density at radius 3 is 2.72 bits per heavy atom. The molecule has 0 aliphatic heterocycles. The van der Waals surface area contributed by atoms with E-state index < -0.39 is 0 Å². The largest absolute Gasteiger partial charge is 0.388 e. The SMILES string of the molecule is C=C(NC)c1cc(N=CN(C)CC)c(C)nc1C. The highest BCUT2D eigenvalue weighted by Crippen LogP contribution is 2.23. The van der Waals surface area contributed by atoms with Crippen molar-refractivity contribution in [2.24, 2.45) is 4.99 Å². The van der Waals surface area contributed by atoms with Gasteiger partial charge < -0.3 is 10.2 Å². The highest BCUT2D eigenvalue weighted by Gasteiger charge is 2.07. The van der Waals surface area contributed by atoms with Gasteiger partial charge in [0.2, 0.25) is 0 Å². The normalized spacial score (nSPS) is 10.7. The molecule has 0 saturated carbocycles. The van der Waals surface area contributed by atoms with Crippen LogP contribution in [0.3, 0.4) is 0 Å². The number of hydrogen-bond acceptors (Lipinski definition) is 3. The molecule has 0 radical (unpaired) electrons. The number of rotatable bonds is 5. The van der Waals surface area contributed by atoms with Gasteiger partial charge in [0.05, 0.1) is 17.7 Å². The number of nitrogens with zero attached hydrogens (tertiary/aromatic N) is 3. The lowest BCUT2D eigenvalue weighted by molar-refractivity contribution is 0.552. The van der Waals surface area contributed by atoms with Crippen molar-refractivity contribution in [3.63, 3.8) is 0 Å². The first-order valence-electron chi connectivity index (χ1n) is 6.09. The van der Waals surface area contributed by atoms with Crippen molar-refractivity contribution >= 4 is 17.7 Å². The van der Waals surface area contributed by atoms with Crippen molar-refractivity contribution in [3.8, 4) is 0 Å². The van der Waals surface area contributed by atoms with E-state index in [2.05, 4.69) is 28.8 Å². The van der Waals surface area contributed by atoms with Gasteiger partial charge in [-0.2, -0.15) is 0 Å². The maximum atomic E-state index is 4.51. The van der Waals surface area contributed by atoms with Gasteiger partial charge >= 0.3 is 0 Å². The summed E-state index contributed by atoms with van der Waals surface area (Å²) >= 11 is 0. The van der Waals surface area contributed by atoms with Crippen molar-refractivity contribution < 1.29 is 0 Å². The molecule has 1 heterocycles. The van der Waals surface area contributed by atoms with Crippen LogP contribution in [0.15, 0.2) is 17.6 Å². The Hall–Kier alpha value is -1.84. The van der Waals surface area contributed by atoms with Gasteiger partial charge in [0, 0.05) is 37.6 Å². The third-order valence-corrected chi connectivity index (χ3v) is 2.90. The maximum absolute atomic E-state index is 4.51. The molecule has 0 aliphatic rings. The van der Waals surface area contributed by atoms with Crippen molar-refractivity contribution in [1.82, 2.24) is 15.2 Å². The number of aryl methyl sites for hydroxylation is 2. The lowest BCUT2D eigenvalue weighted by Gasteiger charge is -2.12. The Bertz CT molecular complexity index is 463. The summed E-state index contributed by atoms with van der Waals surface area (Å²) in [5.74, 6) is 0. The van der Waals surface area contributed by atoms with Crippen LogP contribution in [0.2, 0.25) is 0 Å². The molecule has 1 rings (SSSR count). The highest BCUT2D eigenvalue weighted by molar-refractivity contribution is 5.69. The molecular weight excluding hydrogens is 224 g/mol. The fourth-order valence-electron chi connectivity index (χ4n) is 1.53. The van der Waals surface area contributed by atoms with E-state index in [1.54, 1.807) is 0 Å². The van der Waals surface area contributed by atoms with E-state index in [-0.39, 0.29) is 0 Å². The average molecular weight is 246 g/mol. The van der Waals surface area contributed by atoms with Crippen molar-refractivity contribution in [2.45, 2.75) is 20.8 Å². The van der Waals surface area contributed by atoms with Gasteiger partial charge in [0.1, 0.15) is 0 Å². The zero-order valence-electron chi connectivity index (χ0n) is 11.9. The van der Waals surface area contributed by atoms with Crippen LogP contribution >= 0.6 is 0 Å². The maximum Gasteiger partial charge on any atom is 0.0910 e. The van der Waals surface area contributed by atoms with E-state index in [0.717, 1.165) is 34.9 Å². The molecule has 4 nitrogen and oxygen atoms in total. The van der Waals surface area contributed by atoms with Crippen LogP contribution in [-0.4, -0.2) is 36.9 Å². The van der Waals surface area contributed by atoms with Gasteiger partial charge in [-0.15, -0.1) is 0 Å². The first-order valence-corrected chi connectivity index (χ1v) is 6.09. The summed E-state index contributed by atoms with van der Waals surface area (Å²) in [5, 5.41) is 3.05. The topological polar surface area (TPSA) is 40.5 Å². The Labute approximate surface area is 109 Å². The molecule has 0 atom stereocenters. The molecule has 98 valence electrons. The van der Waals surface area contributed by atoms with E-state index in [0.29, 0.717) is 0 Å². The minimum atomic E-state index is 0.861. The summed E-state index contributed by atoms with van der Waals surface area (Å²) in [6.07, 6.45) is 1.82. The molecule has 1 aromatic heterocycles. The fraction of sp³-hybridized carbons (Fsp3) is 0.429. The molecule has 0 fully saturated rings. The molecule has 0 spiro atoms. The summed E-state index contributed by atoms with van der Waals surface area (Å²) in [6.45, 7) is 10.9. The minimum Gasteiger partial charge on any atom is -0.388 e. The van der Waals surface area contributed by atoms with Crippen LogP contribution in [0, 0.1) is 13.8 Å². The average Bonchev–Trinajstić information content (AvgIpc) is 2.36. The first kappa shape index (κ1) is 14.2. The summed E-state index contributed by atoms with van der Waals surface area (Å²) in [6, 6.07) is 2.02. The van der Waals surface area contributed by atoms with Crippen LogP contribution in [0.1, 0.15) is 23.9 Å². The Morgan fingerprint density at radius 1 is 1.50 bits per heavy atom. The summed E-state index contributed by atoms with van der Waals surface area (Å²) in [7, 11) is 3.85. The fourth-order valence-corrected chi connectivity index (χ4v) is 1.53. The Kier molecular flexibility index (Phi) is 4.89. The van der Waals surface area contributed by atoms with Crippen LogP contribution in [0.25, 0.3) is 5.70 Å². The summed E-state index contributed by atoms with van der Waals surface area (Å²) < 4.78 is 0. The molecule has 18 heavy (non-hydrogen) atoms. The lowest BCUT2D eigenvalue weighted by atomic mass is 10.1. The third kappa shape index (κ3) is 3.32. The summed E-state index contributed by atoms with van der Waals surface area (Å²) in [5.41, 5.74) is 4.65. The molecule has 0 bridgehead atoms. The number of pyridine rings is 1. The van der Waals surface area contributed by atoms with Gasteiger partial charge in [0.25, 0.3) is 0 Å². The van der Waals surface area contributed by atoms with Gasteiger partial charge in [-0.25, -0.2) is 4.99 Å². The third-order valence-electron chi connectivity index (χ3n) is 2.90. The standard InChI is InChI=1S/C14H22N4/c1-7-18(6)9-16-14-8-13(10(2)15-5)11(3)17-12(14)4/h8-9,15H,2,7H2,1,3-6H3. The van der Waals surface area contributed by atoms with Crippen LogP contribution in [0.5, 0.6) is 0 Å². The predicted molar refractivity (Wildman–Crippen MR) is 78.3 cm³/mol. The molecule has 1 aromatic rings. The van der Waals surface area contributed by atoms with Crippen molar-refractivity contribution in [1.29, 1.82) is 0 Å². The zero-order valence-corrected chi connectivity index (χ0v) is 11.9. The second kappa shape index (κ2) is 6.19. The zero-order chi connectivity index (χ0) is 13.7. The molecule has 0 aliphatic carbocycles. The second-order valence-corrected chi connectivity index (χ2v) is 4.27. The Balaban J connectivity index is 3.13. The molecule has 0 saturated heterocycles. The minimum absolute atomic E-state index is 0.861. The van der Waals surface area contributed by atoms with Crippen LogP contribution in [0.4, 0.5) is 5.69 Å². The molecule has 0 amide bonds. The van der Waals surface area contributed by atoms with E-state index in [1.165, 1.54) is 0 Å². The van der Waals surface area contributed by atoms with Crippen LogP contribution in [-0.2, 0) is 0 Å². The van der Waals surface area contributed by atoms with E-state index >= 15 is 0 Å². The Morgan fingerprint density at radius 2 is 2.17 bits per heavy atom. The molecule has 1 N–H and O–H groups in total. The van der Waals surface area contributed by atoms with Crippen molar-refractivity contribution in [2.75, 3.05) is 20.6 Å². The van der Waals surface area contributed by atoms with Gasteiger partial charge in [0.15, 0.2) is 0 Å². The van der Waals surface area contributed by atoms with E-state index in [4.69, 9.17) is 0 Å². The molecule has 4 heteroatoms. The number of nitrogens with one attached hydrogen (secondary N) is 1. The number of aliphatic imine (C=N–C) groups is 1. The van der Waals surface area contributed by atoms with Gasteiger partial charge in [-0.3, -0.25) is 4.98 Å². The molecule has 0 aromatic carbocycles. The summed E-state index contributed by atoms with van der Waals surface area (Å²) in [4.78, 5) is 11.0. The first-order chi connectivity index (χ1) is 8.49. The highest BCUT2D eigenvalue weighted by atomic mass is 15.1. The quantitative estimate of drug-likeness (QED) is 0.641. The molecule has 0 unspecified atom stereocenters. The van der Waals surface area contributed by atoms with Crippen LogP contribution < -0.4 is 5.32 Å². The van der Waals surface area contributed by atoms with Gasteiger partial charge in [-0.1, -0.05) is 6.58 Å². The van der Waals surface area contributed by atoms with Gasteiger partial charge in [-0.05, 0) is 26.8 Å². The predicted octanol–water partition coefficient (Wildman–Crippen LogP) is 2.50. The number of aromatic nitrogens is 1.